The zero-order valence-corrected chi connectivity index (χ0v) is 18.9. The molecule has 3 aromatic heterocycles. The molecular weight excluding hydrogens is 461 g/mol. The predicted octanol–water partition coefficient (Wildman–Crippen LogP) is 3.91. The van der Waals surface area contributed by atoms with Crippen LogP contribution < -0.4 is 10.6 Å². The number of methoxy groups -OCH3 is 1. The summed E-state index contributed by atoms with van der Waals surface area (Å²) in [6.07, 6.45) is -1.15. The third kappa shape index (κ3) is 3.59. The van der Waals surface area contributed by atoms with Crippen LogP contribution in [0.25, 0.3) is 22.2 Å². The smallest absolute Gasteiger partial charge is 0.383 e. The molecular formula is C24H21F3N6O2. The molecule has 35 heavy (non-hydrogen) atoms. The van der Waals surface area contributed by atoms with Gasteiger partial charge in [0, 0.05) is 44.6 Å². The van der Waals surface area contributed by atoms with Gasteiger partial charge in [-0.2, -0.15) is 13.2 Å². The fourth-order valence-corrected chi connectivity index (χ4v) is 4.57. The molecule has 0 radical (unpaired) electrons. The number of carbonyl (C=O) groups excluding carboxylic acids is 1. The summed E-state index contributed by atoms with van der Waals surface area (Å²) < 4.78 is 47.0. The predicted molar refractivity (Wildman–Crippen MR) is 123 cm³/mol. The van der Waals surface area contributed by atoms with Crippen molar-refractivity contribution in [3.8, 4) is 11.1 Å². The fourth-order valence-electron chi connectivity index (χ4n) is 4.57. The summed E-state index contributed by atoms with van der Waals surface area (Å²) in [6.45, 7) is 0.263. The number of rotatable bonds is 4. The van der Waals surface area contributed by atoms with E-state index in [1.807, 2.05) is 29.9 Å². The SMILES string of the molecule is COC1(c2cccc(C(F)(F)F)n2)CCN(c2ccc(-c3cn(C)c4ncnc(N)c34)cc2)C1=O. The van der Waals surface area contributed by atoms with Gasteiger partial charge in [-0.05, 0) is 29.8 Å². The minimum atomic E-state index is -4.63. The molecule has 8 nitrogen and oxygen atoms in total. The molecule has 0 spiro atoms. The van der Waals surface area contributed by atoms with E-state index in [0.29, 0.717) is 17.2 Å². The lowest BCUT2D eigenvalue weighted by Crippen LogP contribution is -2.40. The van der Waals surface area contributed by atoms with Gasteiger partial charge >= 0.3 is 6.18 Å². The second kappa shape index (κ2) is 8.05. The first-order chi connectivity index (χ1) is 16.7. The van der Waals surface area contributed by atoms with Gasteiger partial charge in [0.25, 0.3) is 5.91 Å². The highest BCUT2D eigenvalue weighted by molar-refractivity contribution is 6.03. The average Bonchev–Trinajstić information content (AvgIpc) is 3.37. The highest BCUT2D eigenvalue weighted by Crippen LogP contribution is 2.40. The zero-order valence-electron chi connectivity index (χ0n) is 18.9. The van der Waals surface area contributed by atoms with Gasteiger partial charge in [0.2, 0.25) is 0 Å². The highest BCUT2D eigenvalue weighted by atomic mass is 19.4. The van der Waals surface area contributed by atoms with Crippen molar-refractivity contribution in [2.45, 2.75) is 18.2 Å². The highest BCUT2D eigenvalue weighted by Gasteiger charge is 2.51. The summed E-state index contributed by atoms with van der Waals surface area (Å²) in [5.41, 5.74) is 6.35. The molecule has 4 heterocycles. The molecule has 1 aliphatic rings. The monoisotopic (exact) mass is 482 g/mol. The van der Waals surface area contributed by atoms with Crippen LogP contribution in [0.15, 0.2) is 55.0 Å². The van der Waals surface area contributed by atoms with Crippen LogP contribution in [0.1, 0.15) is 17.8 Å². The third-order valence-electron chi connectivity index (χ3n) is 6.35. The van der Waals surface area contributed by atoms with E-state index in [1.165, 1.54) is 30.5 Å². The summed E-state index contributed by atoms with van der Waals surface area (Å²) in [7, 11) is 3.17. The fraction of sp³-hybridized carbons (Fsp3) is 0.250. The summed E-state index contributed by atoms with van der Waals surface area (Å²) in [5.74, 6) is -0.106. The van der Waals surface area contributed by atoms with Gasteiger partial charge in [0.15, 0.2) is 5.60 Å². The lowest BCUT2D eigenvalue weighted by Gasteiger charge is -2.26. The maximum atomic E-state index is 13.4. The maximum absolute atomic E-state index is 13.4. The summed E-state index contributed by atoms with van der Waals surface area (Å²) in [6, 6.07) is 10.7. The number of halogens is 3. The number of carbonyl (C=O) groups is 1. The summed E-state index contributed by atoms with van der Waals surface area (Å²) in [5, 5.41) is 0.731. The molecule has 1 saturated heterocycles. The van der Waals surface area contributed by atoms with Gasteiger partial charge in [0.1, 0.15) is 23.5 Å². The first-order valence-corrected chi connectivity index (χ1v) is 10.7. The van der Waals surface area contributed by atoms with Crippen LogP contribution in [-0.4, -0.2) is 39.1 Å². The number of fused-ring (bicyclic) bond motifs is 1. The van der Waals surface area contributed by atoms with E-state index >= 15 is 0 Å². The topological polar surface area (TPSA) is 99.2 Å². The number of benzene rings is 1. The Morgan fingerprint density at radius 2 is 1.86 bits per heavy atom. The summed E-state index contributed by atoms with van der Waals surface area (Å²) >= 11 is 0. The number of pyridine rings is 1. The second-order valence-electron chi connectivity index (χ2n) is 8.30. The molecule has 1 atom stereocenters. The molecule has 5 rings (SSSR count). The standard InChI is InChI=1S/C24H21F3N6O2/c1-32-12-16(19-20(28)29-13-30-21(19)32)14-6-8-15(9-7-14)33-11-10-23(35-2,22(33)34)17-4-3-5-18(31-17)24(25,26)27/h3-9,12-13H,10-11H2,1-2H3,(H2,28,29,30). The Morgan fingerprint density at radius 3 is 2.54 bits per heavy atom. The van der Waals surface area contributed by atoms with Crippen LogP contribution in [0.5, 0.6) is 0 Å². The number of anilines is 2. The van der Waals surface area contributed by atoms with Crippen molar-refractivity contribution in [3.63, 3.8) is 0 Å². The number of amides is 1. The average molecular weight is 482 g/mol. The largest absolute Gasteiger partial charge is 0.433 e. The number of aromatic nitrogens is 4. The molecule has 0 aliphatic carbocycles. The quantitative estimate of drug-likeness (QED) is 0.474. The molecule has 1 amide bonds. The molecule has 2 N–H and O–H groups in total. The minimum absolute atomic E-state index is 0.0647. The van der Waals surface area contributed by atoms with Crippen molar-refractivity contribution in [1.82, 2.24) is 19.5 Å². The molecule has 4 aromatic rings. The Kier molecular flexibility index (Phi) is 5.24. The van der Waals surface area contributed by atoms with E-state index in [1.54, 1.807) is 12.1 Å². The van der Waals surface area contributed by atoms with Gasteiger partial charge in [-0.1, -0.05) is 18.2 Å². The number of aryl methyl sites for hydroxylation is 1. The first kappa shape index (κ1) is 22.8. The minimum Gasteiger partial charge on any atom is -0.383 e. The first-order valence-electron chi connectivity index (χ1n) is 10.7. The molecule has 1 unspecified atom stereocenters. The molecule has 0 bridgehead atoms. The van der Waals surface area contributed by atoms with E-state index in [-0.39, 0.29) is 18.7 Å². The van der Waals surface area contributed by atoms with Crippen molar-refractivity contribution >= 4 is 28.4 Å². The van der Waals surface area contributed by atoms with Crippen LogP contribution >= 0.6 is 0 Å². The van der Waals surface area contributed by atoms with Gasteiger partial charge in [-0.25, -0.2) is 15.0 Å². The Labute approximate surface area is 198 Å². The molecule has 1 fully saturated rings. The molecule has 1 aliphatic heterocycles. The van der Waals surface area contributed by atoms with Gasteiger partial charge < -0.3 is 19.9 Å². The molecule has 1 aromatic carbocycles. The number of ether oxygens (including phenoxy) is 1. The molecule has 180 valence electrons. The van der Waals surface area contributed by atoms with Gasteiger partial charge in [-0.15, -0.1) is 0 Å². The van der Waals surface area contributed by atoms with E-state index in [0.717, 1.165) is 22.6 Å². The van der Waals surface area contributed by atoms with Crippen molar-refractivity contribution in [3.05, 3.63) is 66.4 Å². The second-order valence-corrected chi connectivity index (χ2v) is 8.30. The normalized spacial score (nSPS) is 18.5. The van der Waals surface area contributed by atoms with Gasteiger partial charge in [-0.3, -0.25) is 4.79 Å². The Hall–Kier alpha value is -3.99. The Bertz CT molecular complexity index is 1430. The summed E-state index contributed by atoms with van der Waals surface area (Å²) in [4.78, 5) is 27.0. The van der Waals surface area contributed by atoms with Crippen LogP contribution in [0.3, 0.4) is 0 Å². The van der Waals surface area contributed by atoms with Crippen molar-refractivity contribution in [1.29, 1.82) is 0 Å². The van der Waals surface area contributed by atoms with E-state index in [4.69, 9.17) is 10.5 Å². The number of hydrogen-bond acceptors (Lipinski definition) is 6. The van der Waals surface area contributed by atoms with Crippen molar-refractivity contribution in [2.75, 3.05) is 24.3 Å². The van der Waals surface area contributed by atoms with E-state index in [9.17, 15) is 18.0 Å². The number of nitrogens with zero attached hydrogens (tertiary/aromatic N) is 5. The molecule has 0 saturated carbocycles. The lowest BCUT2D eigenvalue weighted by molar-refractivity contribution is -0.144. The zero-order chi connectivity index (χ0) is 25.0. The number of alkyl halides is 3. The number of nitrogen functional groups attached to an aromatic ring is 1. The van der Waals surface area contributed by atoms with Crippen LogP contribution in [-0.2, 0) is 28.4 Å². The number of hydrogen-bond donors (Lipinski definition) is 1. The molecule has 11 heteroatoms. The van der Waals surface area contributed by atoms with E-state index < -0.39 is 23.4 Å². The van der Waals surface area contributed by atoms with Crippen LogP contribution in [0.4, 0.5) is 24.7 Å². The van der Waals surface area contributed by atoms with Crippen LogP contribution in [0, 0.1) is 0 Å². The number of nitrogens with two attached hydrogens (primary N) is 1. The van der Waals surface area contributed by atoms with E-state index in [2.05, 4.69) is 15.0 Å². The Morgan fingerprint density at radius 1 is 1.11 bits per heavy atom. The third-order valence-corrected chi connectivity index (χ3v) is 6.35. The van der Waals surface area contributed by atoms with Gasteiger partial charge in [0.05, 0.1) is 11.1 Å². The van der Waals surface area contributed by atoms with Crippen molar-refractivity contribution in [2.24, 2.45) is 7.05 Å². The van der Waals surface area contributed by atoms with Crippen LogP contribution in [0.2, 0.25) is 0 Å². The van der Waals surface area contributed by atoms with Crippen molar-refractivity contribution < 1.29 is 22.7 Å². The maximum Gasteiger partial charge on any atom is 0.433 e. The lowest BCUT2D eigenvalue weighted by atomic mass is 9.96. The Balaban J connectivity index is 1.47.